The Hall–Kier alpha value is -2.10. The zero-order valence-electron chi connectivity index (χ0n) is 14.2. The third-order valence-electron chi connectivity index (χ3n) is 4.56. The topological polar surface area (TPSA) is 66.4 Å². The second-order valence-corrected chi connectivity index (χ2v) is 9.03. The van der Waals surface area contributed by atoms with Gasteiger partial charge in [-0.2, -0.15) is 4.31 Å². The molecular formula is C18H16BrFN4O2S. The number of aromatic nitrogens is 2. The van der Waals surface area contributed by atoms with E-state index in [1.165, 1.54) is 16.7 Å². The number of nitrogens with zero attached hydrogens (tertiary/aromatic N) is 4. The molecule has 0 bridgehead atoms. The number of piperazine rings is 1. The monoisotopic (exact) mass is 450 g/mol. The molecule has 0 radical (unpaired) electrons. The average molecular weight is 451 g/mol. The molecule has 1 aliphatic heterocycles. The van der Waals surface area contributed by atoms with Gasteiger partial charge in [0.15, 0.2) is 0 Å². The Bertz CT molecular complexity index is 1100. The standard InChI is InChI=1S/C18H16BrFN4O2S/c19-13-3-1-4-14(11-13)27(25,26)24-9-7-23(8-10-24)18-17-15(20)5-2-6-16(17)21-12-22-18/h1-6,11-12H,7-10H2. The summed E-state index contributed by atoms with van der Waals surface area (Å²) in [7, 11) is -3.57. The van der Waals surface area contributed by atoms with Gasteiger partial charge in [-0.15, -0.1) is 0 Å². The van der Waals surface area contributed by atoms with Crippen LogP contribution in [0.3, 0.4) is 0 Å². The Kier molecular flexibility index (Phi) is 4.83. The molecule has 0 unspecified atom stereocenters. The maximum absolute atomic E-state index is 14.3. The van der Waals surface area contributed by atoms with Gasteiger partial charge in [0.25, 0.3) is 0 Å². The van der Waals surface area contributed by atoms with Crippen molar-refractivity contribution >= 4 is 42.7 Å². The van der Waals surface area contributed by atoms with Crippen molar-refractivity contribution in [3.8, 4) is 0 Å². The zero-order valence-corrected chi connectivity index (χ0v) is 16.6. The number of anilines is 1. The summed E-state index contributed by atoms with van der Waals surface area (Å²) in [5.74, 6) is 0.116. The van der Waals surface area contributed by atoms with E-state index in [4.69, 9.17) is 0 Å². The van der Waals surface area contributed by atoms with Crippen LogP contribution >= 0.6 is 15.9 Å². The number of fused-ring (bicyclic) bond motifs is 1. The lowest BCUT2D eigenvalue weighted by Gasteiger charge is -2.35. The van der Waals surface area contributed by atoms with Crippen LogP contribution in [-0.2, 0) is 10.0 Å². The van der Waals surface area contributed by atoms with E-state index in [0.29, 0.717) is 47.4 Å². The van der Waals surface area contributed by atoms with E-state index < -0.39 is 10.0 Å². The Morgan fingerprint density at radius 2 is 1.74 bits per heavy atom. The summed E-state index contributed by atoms with van der Waals surface area (Å²) in [6.45, 7) is 1.45. The van der Waals surface area contributed by atoms with Crippen LogP contribution in [0.15, 0.2) is 58.2 Å². The zero-order chi connectivity index (χ0) is 19.0. The first-order chi connectivity index (χ1) is 13.0. The van der Waals surface area contributed by atoms with Crippen molar-refractivity contribution in [1.29, 1.82) is 0 Å². The van der Waals surface area contributed by atoms with Crippen LogP contribution in [0.4, 0.5) is 10.2 Å². The van der Waals surface area contributed by atoms with Crippen LogP contribution < -0.4 is 4.90 Å². The summed E-state index contributed by atoms with van der Waals surface area (Å²) in [5, 5.41) is 0.364. The molecule has 3 aromatic rings. The molecule has 4 rings (SSSR count). The van der Waals surface area contributed by atoms with Gasteiger partial charge in [-0.05, 0) is 30.3 Å². The van der Waals surface area contributed by atoms with Crippen molar-refractivity contribution in [2.75, 3.05) is 31.1 Å². The van der Waals surface area contributed by atoms with Gasteiger partial charge in [0.1, 0.15) is 18.0 Å². The molecule has 1 aliphatic rings. The Balaban J connectivity index is 1.58. The van der Waals surface area contributed by atoms with Gasteiger partial charge < -0.3 is 4.90 Å². The Morgan fingerprint density at radius 3 is 2.48 bits per heavy atom. The van der Waals surface area contributed by atoms with Crippen molar-refractivity contribution in [1.82, 2.24) is 14.3 Å². The van der Waals surface area contributed by atoms with Crippen molar-refractivity contribution in [2.45, 2.75) is 4.90 Å². The van der Waals surface area contributed by atoms with Gasteiger partial charge in [-0.25, -0.2) is 22.8 Å². The molecule has 0 spiro atoms. The van der Waals surface area contributed by atoms with E-state index in [9.17, 15) is 12.8 Å². The number of hydrogen-bond donors (Lipinski definition) is 0. The highest BCUT2D eigenvalue weighted by Gasteiger charge is 2.29. The Labute approximate surface area is 164 Å². The van der Waals surface area contributed by atoms with Crippen LogP contribution in [0.25, 0.3) is 10.9 Å². The van der Waals surface area contributed by atoms with Gasteiger partial charge in [0, 0.05) is 30.7 Å². The maximum Gasteiger partial charge on any atom is 0.243 e. The predicted octanol–water partition coefficient (Wildman–Crippen LogP) is 3.04. The lowest BCUT2D eigenvalue weighted by molar-refractivity contribution is 0.384. The van der Waals surface area contributed by atoms with Crippen LogP contribution in [0, 0.1) is 5.82 Å². The summed E-state index contributed by atoms with van der Waals surface area (Å²) in [5.41, 5.74) is 0.532. The third kappa shape index (κ3) is 3.42. The van der Waals surface area contributed by atoms with Gasteiger partial charge in [0.2, 0.25) is 10.0 Å². The van der Waals surface area contributed by atoms with Crippen LogP contribution in [0.1, 0.15) is 0 Å². The van der Waals surface area contributed by atoms with Gasteiger partial charge in [0.05, 0.1) is 15.8 Å². The molecule has 27 heavy (non-hydrogen) atoms. The minimum absolute atomic E-state index is 0.254. The second kappa shape index (κ2) is 7.14. The second-order valence-electron chi connectivity index (χ2n) is 6.18. The molecule has 140 valence electrons. The van der Waals surface area contributed by atoms with Crippen molar-refractivity contribution in [3.05, 3.63) is 59.1 Å². The van der Waals surface area contributed by atoms with E-state index in [-0.39, 0.29) is 10.7 Å². The summed E-state index contributed by atoms with van der Waals surface area (Å²) < 4.78 is 42.2. The van der Waals surface area contributed by atoms with Crippen molar-refractivity contribution < 1.29 is 12.8 Å². The first kappa shape index (κ1) is 18.3. The average Bonchev–Trinajstić information content (AvgIpc) is 2.68. The molecule has 6 nitrogen and oxygen atoms in total. The van der Waals surface area contributed by atoms with E-state index >= 15 is 0 Å². The molecule has 0 atom stereocenters. The molecule has 0 amide bonds. The number of hydrogen-bond acceptors (Lipinski definition) is 5. The van der Waals surface area contributed by atoms with E-state index in [0.717, 1.165) is 0 Å². The third-order valence-corrected chi connectivity index (χ3v) is 6.95. The largest absolute Gasteiger partial charge is 0.353 e. The fourth-order valence-electron chi connectivity index (χ4n) is 3.21. The summed E-state index contributed by atoms with van der Waals surface area (Å²) in [4.78, 5) is 10.5. The molecular weight excluding hydrogens is 435 g/mol. The fraction of sp³-hybridized carbons (Fsp3) is 0.222. The molecule has 1 fully saturated rings. The highest BCUT2D eigenvalue weighted by atomic mass is 79.9. The SMILES string of the molecule is O=S(=O)(c1cccc(Br)c1)N1CCN(c2ncnc3cccc(F)c23)CC1. The number of sulfonamides is 1. The van der Waals surface area contributed by atoms with E-state index in [2.05, 4.69) is 25.9 Å². The molecule has 1 saturated heterocycles. The fourth-order valence-corrected chi connectivity index (χ4v) is 5.23. The highest BCUT2D eigenvalue weighted by molar-refractivity contribution is 9.10. The molecule has 2 aromatic carbocycles. The van der Waals surface area contributed by atoms with E-state index in [1.807, 2.05) is 4.90 Å². The Morgan fingerprint density at radius 1 is 1.00 bits per heavy atom. The molecule has 1 aromatic heterocycles. The first-order valence-corrected chi connectivity index (χ1v) is 10.6. The van der Waals surface area contributed by atoms with Crippen LogP contribution in [0.2, 0.25) is 0 Å². The van der Waals surface area contributed by atoms with Crippen molar-refractivity contribution in [2.24, 2.45) is 0 Å². The minimum Gasteiger partial charge on any atom is -0.353 e. The number of rotatable bonds is 3. The smallest absolute Gasteiger partial charge is 0.243 e. The number of benzene rings is 2. The normalized spacial score (nSPS) is 16.0. The molecule has 0 N–H and O–H groups in total. The molecule has 9 heteroatoms. The lowest BCUT2D eigenvalue weighted by atomic mass is 10.2. The molecule has 0 saturated carbocycles. The lowest BCUT2D eigenvalue weighted by Crippen LogP contribution is -2.49. The van der Waals surface area contributed by atoms with Crippen LogP contribution in [-0.4, -0.2) is 48.9 Å². The summed E-state index contributed by atoms with van der Waals surface area (Å²) in [6.07, 6.45) is 1.40. The summed E-state index contributed by atoms with van der Waals surface area (Å²) in [6, 6.07) is 11.4. The quantitative estimate of drug-likeness (QED) is 0.613. The van der Waals surface area contributed by atoms with Gasteiger partial charge in [-0.3, -0.25) is 0 Å². The maximum atomic E-state index is 14.3. The highest BCUT2D eigenvalue weighted by Crippen LogP contribution is 2.27. The molecule has 0 aliphatic carbocycles. The van der Waals surface area contributed by atoms with Crippen LogP contribution in [0.5, 0.6) is 0 Å². The first-order valence-electron chi connectivity index (χ1n) is 8.37. The van der Waals surface area contributed by atoms with Gasteiger partial charge >= 0.3 is 0 Å². The minimum atomic E-state index is -3.57. The van der Waals surface area contributed by atoms with E-state index in [1.54, 1.807) is 36.4 Å². The summed E-state index contributed by atoms with van der Waals surface area (Å²) >= 11 is 3.31. The van der Waals surface area contributed by atoms with Crippen molar-refractivity contribution in [3.63, 3.8) is 0 Å². The van der Waals surface area contributed by atoms with Gasteiger partial charge in [-0.1, -0.05) is 28.1 Å². The predicted molar refractivity (Wildman–Crippen MR) is 105 cm³/mol. The molecule has 2 heterocycles. The number of halogens is 2.